The van der Waals surface area contributed by atoms with Gasteiger partial charge in [0.15, 0.2) is 17.5 Å². The van der Waals surface area contributed by atoms with E-state index in [0.717, 1.165) is 31.1 Å². The molecular formula is C20H33N3O5. The van der Waals surface area contributed by atoms with Crippen molar-refractivity contribution in [2.24, 2.45) is 10.4 Å². The maximum Gasteiger partial charge on any atom is 0.203 e. The molecule has 158 valence electrons. The highest BCUT2D eigenvalue weighted by atomic mass is 16.5. The van der Waals surface area contributed by atoms with Gasteiger partial charge in [-0.2, -0.15) is 0 Å². The van der Waals surface area contributed by atoms with E-state index in [2.05, 4.69) is 15.6 Å². The van der Waals surface area contributed by atoms with Gasteiger partial charge < -0.3 is 34.7 Å². The van der Waals surface area contributed by atoms with Crippen LogP contribution < -0.4 is 24.8 Å². The minimum atomic E-state index is -0.0442. The molecule has 8 nitrogen and oxygen atoms in total. The van der Waals surface area contributed by atoms with E-state index in [-0.39, 0.29) is 12.0 Å². The van der Waals surface area contributed by atoms with Crippen LogP contribution in [0.2, 0.25) is 0 Å². The number of nitrogens with one attached hydrogen (secondary N) is 2. The van der Waals surface area contributed by atoms with Crippen LogP contribution in [-0.2, 0) is 11.3 Å². The zero-order chi connectivity index (χ0) is 20.4. The Morgan fingerprint density at radius 1 is 1.18 bits per heavy atom. The first kappa shape index (κ1) is 22.1. The summed E-state index contributed by atoms with van der Waals surface area (Å²) in [4.78, 5) is 4.68. The molecule has 1 aromatic carbocycles. The average Bonchev–Trinajstić information content (AvgIpc) is 3.18. The Balaban J connectivity index is 2.11. The molecule has 28 heavy (non-hydrogen) atoms. The quantitative estimate of drug-likeness (QED) is 0.409. The fourth-order valence-electron chi connectivity index (χ4n) is 3.32. The summed E-state index contributed by atoms with van der Waals surface area (Å²) in [6, 6.07) is 3.79. The molecule has 0 saturated carbocycles. The predicted molar refractivity (Wildman–Crippen MR) is 108 cm³/mol. The van der Waals surface area contributed by atoms with Crippen LogP contribution in [0.3, 0.4) is 0 Å². The van der Waals surface area contributed by atoms with Crippen LogP contribution in [0.25, 0.3) is 0 Å². The van der Waals surface area contributed by atoms with Gasteiger partial charge >= 0.3 is 0 Å². The lowest BCUT2D eigenvalue weighted by molar-refractivity contribution is 0.127. The van der Waals surface area contributed by atoms with Crippen molar-refractivity contribution in [2.45, 2.75) is 26.3 Å². The van der Waals surface area contributed by atoms with Crippen molar-refractivity contribution < 1.29 is 24.1 Å². The molecule has 2 rings (SSSR count). The van der Waals surface area contributed by atoms with E-state index in [1.807, 2.05) is 19.1 Å². The van der Waals surface area contributed by atoms with E-state index in [9.17, 15) is 5.11 Å². The Morgan fingerprint density at radius 3 is 2.39 bits per heavy atom. The average molecular weight is 396 g/mol. The molecule has 0 radical (unpaired) electrons. The van der Waals surface area contributed by atoms with Crippen LogP contribution in [0.15, 0.2) is 17.1 Å². The summed E-state index contributed by atoms with van der Waals surface area (Å²) in [6.07, 6.45) is 1.65. The molecule has 0 aromatic heterocycles. The highest BCUT2D eigenvalue weighted by molar-refractivity contribution is 5.79. The van der Waals surface area contributed by atoms with E-state index >= 15 is 0 Å². The van der Waals surface area contributed by atoms with E-state index in [1.54, 1.807) is 21.3 Å². The number of aliphatic imine (C=N–C) groups is 1. The molecule has 0 spiro atoms. The van der Waals surface area contributed by atoms with Gasteiger partial charge in [-0.1, -0.05) is 0 Å². The second-order valence-corrected chi connectivity index (χ2v) is 6.86. The maximum atomic E-state index is 9.39. The number of hydrogen-bond donors (Lipinski definition) is 3. The fraction of sp³-hybridized carbons (Fsp3) is 0.650. The smallest absolute Gasteiger partial charge is 0.203 e. The van der Waals surface area contributed by atoms with Crippen LogP contribution in [0.5, 0.6) is 17.2 Å². The topological polar surface area (TPSA) is 93.6 Å². The van der Waals surface area contributed by atoms with Crippen LogP contribution in [0, 0.1) is 5.41 Å². The van der Waals surface area contributed by atoms with Crippen LogP contribution >= 0.6 is 0 Å². The van der Waals surface area contributed by atoms with E-state index < -0.39 is 0 Å². The predicted octanol–water partition coefficient (Wildman–Crippen LogP) is 1.56. The summed E-state index contributed by atoms with van der Waals surface area (Å²) >= 11 is 0. The highest BCUT2D eigenvalue weighted by Gasteiger charge is 2.34. The number of rotatable bonds is 10. The fourth-order valence-corrected chi connectivity index (χ4v) is 3.32. The van der Waals surface area contributed by atoms with Crippen molar-refractivity contribution in [1.29, 1.82) is 0 Å². The number of hydrogen-bond acceptors (Lipinski definition) is 6. The number of aliphatic hydroxyl groups is 1. The standard InChI is InChI=1S/C20H33N3O5/c1-5-21-19(23-13-20(6-8-24)7-9-28-14-20)22-12-15-10-16(25-2)18(27-4)17(11-15)26-3/h10-11,24H,5-9,12-14H2,1-4H3,(H2,21,22,23). The number of benzene rings is 1. The van der Waals surface area contributed by atoms with Crippen molar-refractivity contribution in [3.8, 4) is 17.2 Å². The van der Waals surface area contributed by atoms with Gasteiger partial charge in [0, 0.05) is 31.7 Å². The monoisotopic (exact) mass is 395 g/mol. The molecule has 1 atom stereocenters. The lowest BCUT2D eigenvalue weighted by Gasteiger charge is -2.27. The third kappa shape index (κ3) is 5.65. The first-order valence-corrected chi connectivity index (χ1v) is 9.61. The van der Waals surface area contributed by atoms with Gasteiger partial charge in [-0.05, 0) is 37.5 Å². The molecule has 0 aliphatic carbocycles. The Labute approximate surface area is 167 Å². The molecule has 1 aromatic rings. The van der Waals surface area contributed by atoms with Crippen LogP contribution in [0.1, 0.15) is 25.3 Å². The number of guanidine groups is 1. The van der Waals surface area contributed by atoms with E-state index in [0.29, 0.717) is 43.4 Å². The molecule has 0 amide bonds. The third-order valence-corrected chi connectivity index (χ3v) is 4.95. The Morgan fingerprint density at radius 2 is 1.89 bits per heavy atom. The van der Waals surface area contributed by atoms with Gasteiger partial charge in [-0.15, -0.1) is 0 Å². The van der Waals surface area contributed by atoms with Gasteiger partial charge in [-0.3, -0.25) is 0 Å². The molecular weight excluding hydrogens is 362 g/mol. The molecule has 3 N–H and O–H groups in total. The summed E-state index contributed by atoms with van der Waals surface area (Å²) in [6.45, 7) is 5.49. The van der Waals surface area contributed by atoms with Crippen LogP contribution in [0.4, 0.5) is 0 Å². The highest BCUT2D eigenvalue weighted by Crippen LogP contribution is 2.38. The molecule has 0 bridgehead atoms. The summed E-state index contributed by atoms with van der Waals surface area (Å²) in [7, 11) is 4.78. The van der Waals surface area contributed by atoms with Crippen molar-refractivity contribution >= 4 is 5.96 Å². The molecule has 8 heteroatoms. The maximum absolute atomic E-state index is 9.39. The van der Waals surface area contributed by atoms with Crippen molar-refractivity contribution in [3.63, 3.8) is 0 Å². The van der Waals surface area contributed by atoms with Crippen molar-refractivity contribution in [1.82, 2.24) is 10.6 Å². The summed E-state index contributed by atoms with van der Waals surface area (Å²) < 4.78 is 21.7. The Kier molecular flexibility index (Phi) is 8.66. The zero-order valence-electron chi connectivity index (χ0n) is 17.3. The molecule has 1 saturated heterocycles. The Bertz CT molecular complexity index is 620. The minimum Gasteiger partial charge on any atom is -0.493 e. The summed E-state index contributed by atoms with van der Waals surface area (Å²) in [5.41, 5.74) is 0.901. The number of ether oxygens (including phenoxy) is 4. The number of methoxy groups -OCH3 is 3. The second kappa shape index (κ2) is 11.0. The lowest BCUT2D eigenvalue weighted by atomic mass is 9.84. The lowest BCUT2D eigenvalue weighted by Crippen LogP contribution is -2.44. The largest absolute Gasteiger partial charge is 0.493 e. The SMILES string of the molecule is CCNC(=NCc1cc(OC)c(OC)c(OC)c1)NCC1(CCO)CCOC1. The van der Waals surface area contributed by atoms with Gasteiger partial charge in [0.1, 0.15) is 0 Å². The van der Waals surface area contributed by atoms with Crippen molar-refractivity contribution in [2.75, 3.05) is 54.2 Å². The Hall–Kier alpha value is -2.19. The van der Waals surface area contributed by atoms with E-state index in [1.165, 1.54) is 0 Å². The normalized spacial score (nSPS) is 19.4. The third-order valence-electron chi connectivity index (χ3n) is 4.95. The molecule has 1 fully saturated rings. The minimum absolute atomic E-state index is 0.0442. The van der Waals surface area contributed by atoms with Crippen LogP contribution in [-0.4, -0.2) is 65.3 Å². The zero-order valence-corrected chi connectivity index (χ0v) is 17.3. The number of nitrogens with zero attached hydrogens (tertiary/aromatic N) is 1. The van der Waals surface area contributed by atoms with E-state index in [4.69, 9.17) is 18.9 Å². The first-order valence-electron chi connectivity index (χ1n) is 9.61. The van der Waals surface area contributed by atoms with Gasteiger partial charge in [0.2, 0.25) is 5.75 Å². The molecule has 1 unspecified atom stereocenters. The van der Waals surface area contributed by atoms with Crippen molar-refractivity contribution in [3.05, 3.63) is 17.7 Å². The first-order chi connectivity index (χ1) is 13.6. The summed E-state index contributed by atoms with van der Waals surface area (Å²) in [5, 5.41) is 16.1. The molecule has 1 aliphatic rings. The summed E-state index contributed by atoms with van der Waals surface area (Å²) in [5.74, 6) is 2.50. The van der Waals surface area contributed by atoms with Gasteiger partial charge in [0.05, 0.1) is 34.5 Å². The number of aliphatic hydroxyl groups excluding tert-OH is 1. The molecule has 1 heterocycles. The van der Waals surface area contributed by atoms with Gasteiger partial charge in [0.25, 0.3) is 0 Å². The second-order valence-electron chi connectivity index (χ2n) is 6.86. The molecule has 1 aliphatic heterocycles. The van der Waals surface area contributed by atoms with Gasteiger partial charge in [-0.25, -0.2) is 4.99 Å².